The second-order valence-electron chi connectivity index (χ2n) is 5.73. The highest BCUT2D eigenvalue weighted by molar-refractivity contribution is 5.33. The minimum atomic E-state index is 0.801. The molecule has 1 unspecified atom stereocenters. The molecule has 1 aliphatic rings. The number of hydrogen-bond donors (Lipinski definition) is 1. The summed E-state index contributed by atoms with van der Waals surface area (Å²) in [5.74, 6) is 1.86. The lowest BCUT2D eigenvalue weighted by Crippen LogP contribution is -2.27. The van der Waals surface area contributed by atoms with Crippen molar-refractivity contribution in [1.29, 1.82) is 0 Å². The molecule has 0 bridgehead atoms. The SMILES string of the molecule is CCC(CCN)CCCN1CCOc2ccccc2C1. The Bertz CT molecular complexity index is 394. The van der Waals surface area contributed by atoms with Gasteiger partial charge in [-0.05, 0) is 44.3 Å². The highest BCUT2D eigenvalue weighted by atomic mass is 16.5. The molecule has 0 aliphatic carbocycles. The van der Waals surface area contributed by atoms with E-state index in [1.807, 2.05) is 6.07 Å². The monoisotopic (exact) mass is 276 g/mol. The van der Waals surface area contributed by atoms with Crippen LogP contribution in [-0.2, 0) is 6.54 Å². The Labute approximate surface area is 123 Å². The zero-order chi connectivity index (χ0) is 14.2. The van der Waals surface area contributed by atoms with Crippen molar-refractivity contribution in [2.45, 2.75) is 39.2 Å². The predicted octanol–water partition coefficient (Wildman–Crippen LogP) is 3.04. The summed E-state index contributed by atoms with van der Waals surface area (Å²) in [5, 5.41) is 0. The van der Waals surface area contributed by atoms with Crippen molar-refractivity contribution in [2.24, 2.45) is 11.7 Å². The first-order valence-corrected chi connectivity index (χ1v) is 7.96. The van der Waals surface area contributed by atoms with E-state index >= 15 is 0 Å². The largest absolute Gasteiger partial charge is 0.492 e. The lowest BCUT2D eigenvalue weighted by molar-refractivity contribution is 0.218. The van der Waals surface area contributed by atoms with Gasteiger partial charge in [0.1, 0.15) is 12.4 Å². The van der Waals surface area contributed by atoms with Crippen molar-refractivity contribution in [2.75, 3.05) is 26.2 Å². The van der Waals surface area contributed by atoms with Crippen LogP contribution in [0.5, 0.6) is 5.75 Å². The van der Waals surface area contributed by atoms with Crippen molar-refractivity contribution >= 4 is 0 Å². The first kappa shape index (κ1) is 15.3. The van der Waals surface area contributed by atoms with Gasteiger partial charge in [-0.15, -0.1) is 0 Å². The molecule has 1 aromatic rings. The minimum absolute atomic E-state index is 0.801. The lowest BCUT2D eigenvalue weighted by atomic mass is 9.96. The van der Waals surface area contributed by atoms with Gasteiger partial charge < -0.3 is 10.5 Å². The summed E-state index contributed by atoms with van der Waals surface area (Å²) >= 11 is 0. The summed E-state index contributed by atoms with van der Waals surface area (Å²) in [6, 6.07) is 8.40. The number of para-hydroxylation sites is 1. The average molecular weight is 276 g/mol. The summed E-state index contributed by atoms with van der Waals surface area (Å²) < 4.78 is 5.81. The van der Waals surface area contributed by atoms with E-state index in [2.05, 4.69) is 30.0 Å². The summed E-state index contributed by atoms with van der Waals surface area (Å²) in [7, 11) is 0. The van der Waals surface area contributed by atoms with E-state index in [-0.39, 0.29) is 0 Å². The molecule has 2 N–H and O–H groups in total. The molecule has 0 fully saturated rings. The highest BCUT2D eigenvalue weighted by Crippen LogP contribution is 2.23. The van der Waals surface area contributed by atoms with Crippen LogP contribution >= 0.6 is 0 Å². The molecule has 0 saturated carbocycles. The Balaban J connectivity index is 1.79. The van der Waals surface area contributed by atoms with E-state index in [1.165, 1.54) is 37.8 Å². The van der Waals surface area contributed by atoms with Gasteiger partial charge in [-0.2, -0.15) is 0 Å². The van der Waals surface area contributed by atoms with E-state index < -0.39 is 0 Å². The van der Waals surface area contributed by atoms with Crippen molar-refractivity contribution in [3.8, 4) is 5.75 Å². The summed E-state index contributed by atoms with van der Waals surface area (Å²) in [6.07, 6.45) is 4.99. The maximum Gasteiger partial charge on any atom is 0.123 e. The molecule has 0 aromatic heterocycles. The van der Waals surface area contributed by atoms with Gasteiger partial charge >= 0.3 is 0 Å². The first-order chi connectivity index (χ1) is 9.83. The predicted molar refractivity (Wildman–Crippen MR) is 83.9 cm³/mol. The van der Waals surface area contributed by atoms with Crippen molar-refractivity contribution < 1.29 is 4.74 Å². The van der Waals surface area contributed by atoms with E-state index in [0.29, 0.717) is 0 Å². The molecule has 112 valence electrons. The maximum atomic E-state index is 5.81. The van der Waals surface area contributed by atoms with Gasteiger partial charge in [-0.1, -0.05) is 31.5 Å². The standard InChI is InChI=1S/C17H28N2O/c1-2-15(9-10-18)6-5-11-19-12-13-20-17-8-4-3-7-16(17)14-19/h3-4,7-8,15H,2,5-6,9-14,18H2,1H3. The summed E-state index contributed by atoms with van der Waals surface area (Å²) in [6.45, 7) is 7.11. The topological polar surface area (TPSA) is 38.5 Å². The Morgan fingerprint density at radius 3 is 2.95 bits per heavy atom. The molecule has 3 heteroatoms. The number of hydrogen-bond acceptors (Lipinski definition) is 3. The average Bonchev–Trinajstić information content (AvgIpc) is 2.68. The van der Waals surface area contributed by atoms with Crippen LogP contribution in [0.3, 0.4) is 0 Å². The quantitative estimate of drug-likeness (QED) is 0.832. The van der Waals surface area contributed by atoms with Crippen LogP contribution in [0.4, 0.5) is 0 Å². The lowest BCUT2D eigenvalue weighted by Gasteiger charge is -2.21. The van der Waals surface area contributed by atoms with Crippen LogP contribution in [0, 0.1) is 5.92 Å². The third-order valence-corrected chi connectivity index (χ3v) is 4.27. The highest BCUT2D eigenvalue weighted by Gasteiger charge is 2.15. The Morgan fingerprint density at radius 1 is 1.30 bits per heavy atom. The van der Waals surface area contributed by atoms with Gasteiger partial charge in [0.15, 0.2) is 0 Å². The van der Waals surface area contributed by atoms with Gasteiger partial charge in [-0.25, -0.2) is 0 Å². The minimum Gasteiger partial charge on any atom is -0.492 e. The van der Waals surface area contributed by atoms with Crippen LogP contribution in [0.25, 0.3) is 0 Å². The van der Waals surface area contributed by atoms with Gasteiger partial charge in [0, 0.05) is 18.7 Å². The number of ether oxygens (including phenoxy) is 1. The molecule has 1 aromatic carbocycles. The molecule has 0 amide bonds. The van der Waals surface area contributed by atoms with Gasteiger partial charge in [0.05, 0.1) is 0 Å². The zero-order valence-electron chi connectivity index (χ0n) is 12.7. The number of fused-ring (bicyclic) bond motifs is 1. The summed E-state index contributed by atoms with van der Waals surface area (Å²) in [5.41, 5.74) is 6.98. The van der Waals surface area contributed by atoms with Gasteiger partial charge in [0.2, 0.25) is 0 Å². The normalized spacial score (nSPS) is 17.1. The molecule has 1 heterocycles. The van der Waals surface area contributed by atoms with Crippen molar-refractivity contribution in [1.82, 2.24) is 4.90 Å². The van der Waals surface area contributed by atoms with Crippen molar-refractivity contribution in [3.63, 3.8) is 0 Å². The van der Waals surface area contributed by atoms with Crippen molar-refractivity contribution in [3.05, 3.63) is 29.8 Å². The van der Waals surface area contributed by atoms with Gasteiger partial charge in [-0.3, -0.25) is 4.90 Å². The second-order valence-corrected chi connectivity index (χ2v) is 5.73. The number of rotatable bonds is 7. The third-order valence-electron chi connectivity index (χ3n) is 4.27. The molecular weight excluding hydrogens is 248 g/mol. The molecule has 0 radical (unpaired) electrons. The smallest absolute Gasteiger partial charge is 0.123 e. The zero-order valence-corrected chi connectivity index (χ0v) is 12.7. The number of nitrogens with two attached hydrogens (primary N) is 1. The van der Waals surface area contributed by atoms with Crippen LogP contribution in [0.2, 0.25) is 0 Å². The second kappa shape index (κ2) is 8.28. The Hall–Kier alpha value is -1.06. The van der Waals surface area contributed by atoms with Crippen LogP contribution < -0.4 is 10.5 Å². The van der Waals surface area contributed by atoms with E-state index in [1.54, 1.807) is 0 Å². The fourth-order valence-corrected chi connectivity index (χ4v) is 2.96. The third kappa shape index (κ3) is 4.50. The first-order valence-electron chi connectivity index (χ1n) is 7.96. The van der Waals surface area contributed by atoms with Crippen LogP contribution in [-0.4, -0.2) is 31.1 Å². The number of nitrogens with zero attached hydrogens (tertiary/aromatic N) is 1. The van der Waals surface area contributed by atoms with E-state index in [0.717, 1.165) is 37.9 Å². The maximum absolute atomic E-state index is 5.81. The van der Waals surface area contributed by atoms with E-state index in [4.69, 9.17) is 10.5 Å². The van der Waals surface area contributed by atoms with E-state index in [9.17, 15) is 0 Å². The Kier molecular flexibility index (Phi) is 6.34. The molecular formula is C17H28N2O. The van der Waals surface area contributed by atoms with Gasteiger partial charge in [0.25, 0.3) is 0 Å². The van der Waals surface area contributed by atoms with Crippen LogP contribution in [0.15, 0.2) is 24.3 Å². The molecule has 0 saturated heterocycles. The molecule has 1 atom stereocenters. The summed E-state index contributed by atoms with van der Waals surface area (Å²) in [4.78, 5) is 2.51. The van der Waals surface area contributed by atoms with Crippen LogP contribution in [0.1, 0.15) is 38.2 Å². The molecule has 0 spiro atoms. The Morgan fingerprint density at radius 2 is 2.15 bits per heavy atom. The molecule has 3 nitrogen and oxygen atoms in total. The molecule has 20 heavy (non-hydrogen) atoms. The fourth-order valence-electron chi connectivity index (χ4n) is 2.96. The fraction of sp³-hybridized carbons (Fsp3) is 0.647. The molecule has 2 rings (SSSR count). The molecule has 1 aliphatic heterocycles. The number of benzene rings is 1.